The van der Waals surface area contributed by atoms with Crippen molar-refractivity contribution in [3.8, 4) is 0 Å². The Hall–Kier alpha value is -0.893. The van der Waals surface area contributed by atoms with Crippen LogP contribution in [0.1, 0.15) is 98.3 Å². The number of piperidine rings is 1. The Labute approximate surface area is 217 Å². The van der Waals surface area contributed by atoms with Crippen molar-refractivity contribution in [2.24, 2.45) is 0 Å². The number of hydrogen-bond donors (Lipinski definition) is 0. The van der Waals surface area contributed by atoms with E-state index in [1.54, 1.807) is 7.11 Å². The predicted octanol–water partition coefficient (Wildman–Crippen LogP) is 7.68. The van der Waals surface area contributed by atoms with Crippen molar-refractivity contribution in [2.45, 2.75) is 135 Å². The van der Waals surface area contributed by atoms with Crippen molar-refractivity contribution in [3.05, 3.63) is 12.2 Å². The number of amides is 1. The molecule has 0 bridgehead atoms. The minimum Gasteiger partial charge on any atom is -0.453 e. The summed E-state index contributed by atoms with van der Waals surface area (Å²) in [4.78, 5) is 14.2. The fraction of sp³-hybridized carbons (Fsp3) is 0.893. The van der Waals surface area contributed by atoms with Gasteiger partial charge in [0.15, 0.2) is 8.32 Å². The van der Waals surface area contributed by atoms with Gasteiger partial charge in [0, 0.05) is 19.8 Å². The molecule has 206 valence electrons. The number of rotatable bonds is 16. The SMILES string of the molecule is COCO[C@H]1CC[C@@H](C/C=C/CCCCCCCCCO[Si](C)(C)C(C)(C)C)N(C(=O)OC)[C@H]1C. The summed E-state index contributed by atoms with van der Waals surface area (Å²) in [5.74, 6) is 0. The van der Waals surface area contributed by atoms with Gasteiger partial charge in [0.05, 0.1) is 19.3 Å². The molecule has 6 nitrogen and oxygen atoms in total. The van der Waals surface area contributed by atoms with Gasteiger partial charge >= 0.3 is 6.09 Å². The molecule has 0 aliphatic carbocycles. The molecule has 1 amide bonds. The average molecular weight is 514 g/mol. The second-order valence-corrected chi connectivity index (χ2v) is 16.3. The Kier molecular flexibility index (Phi) is 15.4. The van der Waals surface area contributed by atoms with Gasteiger partial charge in [-0.25, -0.2) is 4.79 Å². The molecule has 1 aliphatic heterocycles. The lowest BCUT2D eigenvalue weighted by molar-refractivity contribution is -0.115. The van der Waals surface area contributed by atoms with Gasteiger partial charge in [0.1, 0.15) is 6.79 Å². The van der Waals surface area contributed by atoms with Crippen LogP contribution in [0.4, 0.5) is 4.79 Å². The van der Waals surface area contributed by atoms with Crippen LogP contribution in [0.15, 0.2) is 12.2 Å². The first kappa shape index (κ1) is 32.1. The highest BCUT2D eigenvalue weighted by atomic mass is 28.4. The number of ether oxygens (including phenoxy) is 3. The number of unbranched alkanes of at least 4 members (excludes halogenated alkanes) is 7. The molecule has 35 heavy (non-hydrogen) atoms. The number of nitrogens with zero attached hydrogens (tertiary/aromatic N) is 1. The Balaban J connectivity index is 2.16. The molecule has 1 saturated heterocycles. The molecular weight excluding hydrogens is 458 g/mol. The molecule has 0 aromatic carbocycles. The molecule has 1 aliphatic rings. The third kappa shape index (κ3) is 11.8. The molecule has 0 aromatic heterocycles. The maximum Gasteiger partial charge on any atom is 0.410 e. The third-order valence-electron chi connectivity index (χ3n) is 7.80. The van der Waals surface area contributed by atoms with Crippen molar-refractivity contribution < 1.29 is 23.4 Å². The summed E-state index contributed by atoms with van der Waals surface area (Å²) in [7, 11) is 1.49. The van der Waals surface area contributed by atoms with Gasteiger partial charge in [0.25, 0.3) is 0 Å². The van der Waals surface area contributed by atoms with Gasteiger partial charge < -0.3 is 18.6 Å². The van der Waals surface area contributed by atoms with Gasteiger partial charge in [-0.15, -0.1) is 0 Å². The molecule has 0 saturated carbocycles. The lowest BCUT2D eigenvalue weighted by Crippen LogP contribution is -2.55. The number of carbonyl (C=O) groups is 1. The number of carbonyl (C=O) groups excluding carboxylic acids is 1. The zero-order valence-corrected chi connectivity index (χ0v) is 25.1. The van der Waals surface area contributed by atoms with E-state index in [1.165, 1.54) is 52.1 Å². The van der Waals surface area contributed by atoms with E-state index in [0.717, 1.165) is 32.3 Å². The highest BCUT2D eigenvalue weighted by Gasteiger charge is 2.38. The van der Waals surface area contributed by atoms with Crippen LogP contribution in [-0.4, -0.2) is 65.1 Å². The molecule has 0 spiro atoms. The van der Waals surface area contributed by atoms with Crippen molar-refractivity contribution in [1.82, 2.24) is 4.90 Å². The maximum atomic E-state index is 12.4. The number of allylic oxidation sites excluding steroid dienone is 1. The molecule has 1 fully saturated rings. The molecule has 0 aromatic rings. The van der Waals surface area contributed by atoms with Crippen molar-refractivity contribution in [1.29, 1.82) is 0 Å². The predicted molar refractivity (Wildman–Crippen MR) is 147 cm³/mol. The molecule has 3 atom stereocenters. The monoisotopic (exact) mass is 513 g/mol. The number of methoxy groups -OCH3 is 2. The quantitative estimate of drug-likeness (QED) is 0.0916. The largest absolute Gasteiger partial charge is 0.453 e. The topological polar surface area (TPSA) is 57.2 Å². The van der Waals surface area contributed by atoms with Crippen LogP contribution in [0.25, 0.3) is 0 Å². The molecule has 1 heterocycles. The lowest BCUT2D eigenvalue weighted by Gasteiger charge is -2.43. The van der Waals surface area contributed by atoms with Crippen molar-refractivity contribution in [2.75, 3.05) is 27.6 Å². The van der Waals surface area contributed by atoms with E-state index in [9.17, 15) is 4.79 Å². The first-order valence-electron chi connectivity index (χ1n) is 13.8. The zero-order valence-electron chi connectivity index (χ0n) is 24.1. The average Bonchev–Trinajstić information content (AvgIpc) is 2.80. The van der Waals surface area contributed by atoms with Gasteiger partial charge in [-0.3, -0.25) is 4.90 Å². The van der Waals surface area contributed by atoms with E-state index in [1.807, 2.05) is 11.8 Å². The van der Waals surface area contributed by atoms with E-state index < -0.39 is 8.32 Å². The zero-order chi connectivity index (χ0) is 26.3. The van der Waals surface area contributed by atoms with Gasteiger partial charge in [-0.1, -0.05) is 65.0 Å². The molecule has 0 radical (unpaired) electrons. The smallest absolute Gasteiger partial charge is 0.410 e. The normalized spacial score (nSPS) is 21.6. The second-order valence-electron chi connectivity index (χ2n) is 11.5. The standard InChI is InChI=1S/C28H55NO5Si/c1-24-26(33-23-31-5)21-20-25(29(24)27(30)32-6)19-17-15-13-11-9-10-12-14-16-18-22-34-35(7,8)28(2,3)4/h15,17,24-26H,9-14,16,18-23H2,1-8H3/b17-15+/t24-,25+,26-/m0/s1. The Morgan fingerprint density at radius 2 is 1.60 bits per heavy atom. The van der Waals surface area contributed by atoms with Gasteiger partial charge in [-0.05, 0) is 63.6 Å². The Morgan fingerprint density at radius 3 is 2.20 bits per heavy atom. The summed E-state index contributed by atoms with van der Waals surface area (Å²) in [6.07, 6.45) is 17.0. The van der Waals surface area contributed by atoms with Crippen LogP contribution in [0, 0.1) is 0 Å². The fourth-order valence-electron chi connectivity index (χ4n) is 4.44. The van der Waals surface area contributed by atoms with E-state index in [2.05, 4.69) is 46.0 Å². The maximum absolute atomic E-state index is 12.4. The van der Waals surface area contributed by atoms with Gasteiger partial charge in [-0.2, -0.15) is 0 Å². The highest BCUT2D eigenvalue weighted by Crippen LogP contribution is 2.36. The minimum atomic E-state index is -1.58. The second kappa shape index (κ2) is 16.8. The molecule has 1 rings (SSSR count). The summed E-state index contributed by atoms with van der Waals surface area (Å²) in [5, 5.41) is 0.305. The number of hydrogen-bond acceptors (Lipinski definition) is 5. The molecular formula is C28H55NO5Si. The van der Waals surface area contributed by atoms with Crippen molar-refractivity contribution in [3.63, 3.8) is 0 Å². The summed E-state index contributed by atoms with van der Waals surface area (Å²) in [6.45, 7) is 14.8. The van der Waals surface area contributed by atoms with E-state index in [-0.39, 0.29) is 31.1 Å². The van der Waals surface area contributed by atoms with Crippen LogP contribution in [0.3, 0.4) is 0 Å². The van der Waals surface area contributed by atoms with Gasteiger partial charge in [0.2, 0.25) is 0 Å². The molecule has 0 unspecified atom stereocenters. The van der Waals surface area contributed by atoms with Crippen LogP contribution >= 0.6 is 0 Å². The van der Waals surface area contributed by atoms with E-state index in [4.69, 9.17) is 18.6 Å². The first-order valence-corrected chi connectivity index (χ1v) is 16.7. The number of likely N-dealkylation sites (tertiary alicyclic amines) is 1. The van der Waals surface area contributed by atoms with Crippen LogP contribution in [0.2, 0.25) is 18.1 Å². The van der Waals surface area contributed by atoms with E-state index in [0.29, 0.717) is 5.04 Å². The minimum absolute atomic E-state index is 0.0148. The summed E-state index contributed by atoms with van der Waals surface area (Å²) in [5.41, 5.74) is 0. The Bertz CT molecular complexity index is 605. The Morgan fingerprint density at radius 1 is 0.971 bits per heavy atom. The lowest BCUT2D eigenvalue weighted by atomic mass is 9.92. The summed E-state index contributed by atoms with van der Waals surface area (Å²) >= 11 is 0. The molecule has 0 N–H and O–H groups in total. The third-order valence-corrected chi connectivity index (χ3v) is 12.3. The summed E-state index contributed by atoms with van der Waals surface area (Å²) < 4.78 is 22.1. The van der Waals surface area contributed by atoms with Crippen LogP contribution in [-0.2, 0) is 18.6 Å². The van der Waals surface area contributed by atoms with Crippen LogP contribution in [0.5, 0.6) is 0 Å². The highest BCUT2D eigenvalue weighted by molar-refractivity contribution is 6.74. The fourth-order valence-corrected chi connectivity index (χ4v) is 5.53. The molecule has 7 heteroatoms. The summed E-state index contributed by atoms with van der Waals surface area (Å²) in [6, 6.07) is 0.139. The van der Waals surface area contributed by atoms with Crippen LogP contribution < -0.4 is 0 Å². The van der Waals surface area contributed by atoms with Crippen molar-refractivity contribution >= 4 is 14.4 Å². The first-order chi connectivity index (χ1) is 16.5. The van der Waals surface area contributed by atoms with E-state index >= 15 is 0 Å².